The predicted octanol–water partition coefficient (Wildman–Crippen LogP) is 2.89. The van der Waals surface area contributed by atoms with Gasteiger partial charge in [-0.25, -0.2) is 8.78 Å². The van der Waals surface area contributed by atoms with E-state index in [0.717, 1.165) is 18.9 Å². The largest absolute Gasteiger partial charge is 0.497 e. The molecule has 2 fully saturated rings. The number of carbonyl (C=O) groups is 1. The summed E-state index contributed by atoms with van der Waals surface area (Å²) in [5.41, 5.74) is -1.77. The maximum absolute atomic E-state index is 15.1. The summed E-state index contributed by atoms with van der Waals surface area (Å²) in [6, 6.07) is 2.38. The van der Waals surface area contributed by atoms with Crippen LogP contribution >= 0.6 is 0 Å². The van der Waals surface area contributed by atoms with E-state index in [0.29, 0.717) is 6.54 Å². The van der Waals surface area contributed by atoms with Gasteiger partial charge in [0.25, 0.3) is 5.91 Å². The highest BCUT2D eigenvalue weighted by atomic mass is 19.1. The first-order chi connectivity index (χ1) is 11.5. The van der Waals surface area contributed by atoms with E-state index in [4.69, 9.17) is 9.31 Å². The Morgan fingerprint density at radius 3 is 2.32 bits per heavy atom. The summed E-state index contributed by atoms with van der Waals surface area (Å²) in [6.07, 6.45) is 1.68. The van der Waals surface area contributed by atoms with Gasteiger partial charge in [-0.15, -0.1) is 0 Å². The van der Waals surface area contributed by atoms with Gasteiger partial charge in [-0.1, -0.05) is 6.07 Å². The first-order valence-corrected chi connectivity index (χ1v) is 8.69. The molecule has 1 unspecified atom stereocenters. The molecule has 2 aliphatic heterocycles. The Morgan fingerprint density at radius 1 is 1.20 bits per heavy atom. The molecule has 7 heteroatoms. The van der Waals surface area contributed by atoms with Gasteiger partial charge in [0.1, 0.15) is 17.2 Å². The van der Waals surface area contributed by atoms with E-state index in [2.05, 4.69) is 0 Å². The SMILES string of the molecule is CC1CCCN1C(=O)c1c(F)ccc(B2OC(C)(C)C(C)(C)O2)c1F. The highest BCUT2D eigenvalue weighted by Crippen LogP contribution is 2.37. The van der Waals surface area contributed by atoms with Crippen molar-refractivity contribution in [3.8, 4) is 0 Å². The summed E-state index contributed by atoms with van der Waals surface area (Å²) in [6.45, 7) is 9.82. The minimum atomic E-state index is -0.979. The van der Waals surface area contributed by atoms with Crippen LogP contribution < -0.4 is 5.46 Å². The molecular formula is C18H24BF2NO3. The fourth-order valence-electron chi connectivity index (χ4n) is 3.30. The van der Waals surface area contributed by atoms with Gasteiger partial charge >= 0.3 is 7.12 Å². The van der Waals surface area contributed by atoms with Crippen LogP contribution in [0.2, 0.25) is 0 Å². The Balaban J connectivity index is 1.98. The Labute approximate surface area is 147 Å². The average Bonchev–Trinajstić information content (AvgIpc) is 3.00. The van der Waals surface area contributed by atoms with Gasteiger partial charge in [-0.3, -0.25) is 4.79 Å². The number of hydrogen-bond donors (Lipinski definition) is 0. The molecule has 0 radical (unpaired) electrons. The number of halogens is 2. The maximum atomic E-state index is 15.1. The summed E-state index contributed by atoms with van der Waals surface area (Å²) in [7, 11) is -0.979. The molecule has 0 aliphatic carbocycles. The molecule has 0 N–H and O–H groups in total. The molecule has 25 heavy (non-hydrogen) atoms. The monoisotopic (exact) mass is 351 g/mol. The maximum Gasteiger partial charge on any atom is 0.497 e. The third-order valence-electron chi connectivity index (χ3n) is 5.66. The van der Waals surface area contributed by atoms with Crippen LogP contribution in [0.3, 0.4) is 0 Å². The molecule has 0 aromatic heterocycles. The predicted molar refractivity (Wildman–Crippen MR) is 91.8 cm³/mol. The second kappa shape index (κ2) is 6.06. The topological polar surface area (TPSA) is 38.8 Å². The van der Waals surface area contributed by atoms with Crippen LogP contribution in [-0.2, 0) is 9.31 Å². The van der Waals surface area contributed by atoms with Crippen LogP contribution in [0.4, 0.5) is 8.78 Å². The molecule has 4 nitrogen and oxygen atoms in total. The molecular weight excluding hydrogens is 327 g/mol. The van der Waals surface area contributed by atoms with E-state index in [1.54, 1.807) is 0 Å². The Hall–Kier alpha value is -1.47. The Morgan fingerprint density at radius 2 is 1.80 bits per heavy atom. The molecule has 0 bridgehead atoms. The van der Waals surface area contributed by atoms with Crippen LogP contribution in [0, 0.1) is 11.6 Å². The summed E-state index contributed by atoms with van der Waals surface area (Å²) in [4.78, 5) is 14.2. The zero-order valence-electron chi connectivity index (χ0n) is 15.4. The quantitative estimate of drug-likeness (QED) is 0.770. The summed E-state index contributed by atoms with van der Waals surface area (Å²) in [5.74, 6) is -2.37. The lowest BCUT2D eigenvalue weighted by molar-refractivity contribution is 0.00578. The molecule has 2 aliphatic rings. The van der Waals surface area contributed by atoms with Gasteiger partial charge in [-0.05, 0) is 53.5 Å². The van der Waals surface area contributed by atoms with Crippen molar-refractivity contribution in [2.45, 2.75) is 64.7 Å². The molecule has 1 aromatic rings. The van der Waals surface area contributed by atoms with Crippen LogP contribution in [0.5, 0.6) is 0 Å². The van der Waals surface area contributed by atoms with Crippen LogP contribution in [-0.4, -0.2) is 41.7 Å². The standard InChI is InChI=1S/C18H24BF2NO3/c1-11-7-6-10-22(11)16(23)14-13(20)9-8-12(15(14)21)19-24-17(2,3)18(4,5)25-19/h8-9,11H,6-7,10H2,1-5H3. The molecule has 1 atom stereocenters. The smallest absolute Gasteiger partial charge is 0.399 e. The van der Waals surface area contributed by atoms with Gasteiger partial charge in [0.05, 0.1) is 11.2 Å². The average molecular weight is 351 g/mol. The van der Waals surface area contributed by atoms with Gasteiger partial charge in [0.2, 0.25) is 0 Å². The number of rotatable bonds is 2. The van der Waals surface area contributed by atoms with Crippen molar-refractivity contribution >= 4 is 18.5 Å². The Bertz CT molecular complexity index is 692. The first-order valence-electron chi connectivity index (χ1n) is 8.69. The van der Waals surface area contributed by atoms with Gasteiger partial charge in [0.15, 0.2) is 0 Å². The number of carbonyl (C=O) groups excluding carboxylic acids is 1. The fourth-order valence-corrected chi connectivity index (χ4v) is 3.30. The van der Waals surface area contributed by atoms with Crippen molar-refractivity contribution in [1.29, 1.82) is 0 Å². The van der Waals surface area contributed by atoms with Crippen LogP contribution in [0.1, 0.15) is 57.8 Å². The van der Waals surface area contributed by atoms with Crippen LogP contribution in [0.25, 0.3) is 0 Å². The minimum Gasteiger partial charge on any atom is -0.399 e. The van der Waals surface area contributed by atoms with E-state index in [9.17, 15) is 9.18 Å². The number of likely N-dealkylation sites (tertiary alicyclic amines) is 1. The third kappa shape index (κ3) is 2.97. The number of nitrogens with zero attached hydrogens (tertiary/aromatic N) is 1. The normalized spacial score (nSPS) is 24.8. The minimum absolute atomic E-state index is 0.0215. The second-order valence-corrected chi connectivity index (χ2v) is 7.90. The van der Waals surface area contributed by atoms with E-state index in [1.807, 2.05) is 34.6 Å². The molecule has 2 saturated heterocycles. The van der Waals surface area contributed by atoms with Crippen molar-refractivity contribution < 1.29 is 22.9 Å². The first kappa shape index (κ1) is 18.3. The van der Waals surface area contributed by atoms with Crippen molar-refractivity contribution in [3.05, 3.63) is 29.3 Å². The van der Waals surface area contributed by atoms with E-state index in [-0.39, 0.29) is 11.5 Å². The summed E-state index contributed by atoms with van der Waals surface area (Å²) >= 11 is 0. The number of amides is 1. The van der Waals surface area contributed by atoms with Gasteiger partial charge in [0, 0.05) is 18.0 Å². The van der Waals surface area contributed by atoms with E-state index in [1.165, 1.54) is 11.0 Å². The molecule has 0 saturated carbocycles. The van der Waals surface area contributed by atoms with Gasteiger partial charge < -0.3 is 14.2 Å². The van der Waals surface area contributed by atoms with Gasteiger partial charge in [-0.2, -0.15) is 0 Å². The lowest BCUT2D eigenvalue weighted by Gasteiger charge is -2.32. The van der Waals surface area contributed by atoms with Crippen molar-refractivity contribution in [3.63, 3.8) is 0 Å². The third-order valence-corrected chi connectivity index (χ3v) is 5.66. The highest BCUT2D eigenvalue weighted by Gasteiger charge is 2.53. The molecule has 0 spiro atoms. The highest BCUT2D eigenvalue weighted by molar-refractivity contribution is 6.62. The van der Waals surface area contributed by atoms with E-state index >= 15 is 4.39 Å². The van der Waals surface area contributed by atoms with Crippen molar-refractivity contribution in [2.75, 3.05) is 6.54 Å². The zero-order valence-corrected chi connectivity index (χ0v) is 15.4. The van der Waals surface area contributed by atoms with Crippen molar-refractivity contribution in [2.24, 2.45) is 0 Å². The molecule has 3 rings (SSSR count). The fraction of sp³-hybridized carbons (Fsp3) is 0.611. The van der Waals surface area contributed by atoms with E-state index < -0.39 is 41.4 Å². The van der Waals surface area contributed by atoms with Crippen LogP contribution in [0.15, 0.2) is 12.1 Å². The second-order valence-electron chi connectivity index (χ2n) is 7.90. The number of benzene rings is 1. The number of hydrogen-bond acceptors (Lipinski definition) is 3. The lowest BCUT2D eigenvalue weighted by Crippen LogP contribution is -2.41. The summed E-state index contributed by atoms with van der Waals surface area (Å²) < 4.78 is 41.0. The molecule has 136 valence electrons. The molecule has 1 amide bonds. The Kier molecular flexibility index (Phi) is 4.44. The zero-order chi connectivity index (χ0) is 18.6. The lowest BCUT2D eigenvalue weighted by atomic mass is 9.77. The molecule has 2 heterocycles. The van der Waals surface area contributed by atoms with Crippen molar-refractivity contribution in [1.82, 2.24) is 4.90 Å². The summed E-state index contributed by atoms with van der Waals surface area (Å²) in [5, 5.41) is 0. The molecule has 1 aromatic carbocycles.